The molecule has 0 bridgehead atoms. The van der Waals surface area contributed by atoms with Crippen LogP contribution in [0.25, 0.3) is 12.2 Å². The van der Waals surface area contributed by atoms with Crippen LogP contribution >= 0.6 is 0 Å². The van der Waals surface area contributed by atoms with Crippen LogP contribution in [0.4, 0.5) is 0 Å². The molecule has 3 nitrogen and oxygen atoms in total. The molecule has 0 spiro atoms. The van der Waals surface area contributed by atoms with Crippen molar-refractivity contribution in [1.29, 1.82) is 0 Å². The minimum Gasteiger partial charge on any atom is -0.497 e. The Morgan fingerprint density at radius 1 is 0.840 bits per heavy atom. The predicted octanol–water partition coefficient (Wildman–Crippen LogP) is 3.54. The summed E-state index contributed by atoms with van der Waals surface area (Å²) in [6, 6.07) is 20.2. The van der Waals surface area contributed by atoms with Crippen molar-refractivity contribution in [3.05, 3.63) is 82.2 Å². The number of rotatable bonds is 2. The third kappa shape index (κ3) is 2.28. The van der Waals surface area contributed by atoms with Gasteiger partial charge in [-0.2, -0.15) is 0 Å². The van der Waals surface area contributed by atoms with E-state index in [1.54, 1.807) is 7.11 Å². The molecule has 1 unspecified atom stereocenters. The Hall–Kier alpha value is -3.20. The monoisotopic (exact) mass is 328 g/mol. The smallest absolute Gasteiger partial charge is 0.177 e. The highest BCUT2D eigenvalue weighted by Crippen LogP contribution is 2.36. The summed E-state index contributed by atoms with van der Waals surface area (Å²) in [6.45, 7) is 0. The zero-order valence-electron chi connectivity index (χ0n) is 13.7. The highest BCUT2D eigenvalue weighted by atomic mass is 16.5. The van der Waals surface area contributed by atoms with Crippen LogP contribution in [0.5, 0.6) is 23.0 Å². The SMILES string of the molecule is COc1ccc(C2C=c3ccc4c(c3O2)Oc2ccccc2C=4)cc1. The Balaban J connectivity index is 1.56. The molecule has 5 rings (SSSR count). The minimum atomic E-state index is -0.117. The van der Waals surface area contributed by atoms with Gasteiger partial charge in [0.2, 0.25) is 0 Å². The number of methoxy groups -OCH3 is 1. The molecule has 0 saturated heterocycles. The molecule has 3 aromatic carbocycles. The van der Waals surface area contributed by atoms with E-state index >= 15 is 0 Å². The summed E-state index contributed by atoms with van der Waals surface area (Å²) in [6.07, 6.45) is 4.15. The fourth-order valence-electron chi connectivity index (χ4n) is 3.32. The van der Waals surface area contributed by atoms with Crippen LogP contribution in [-0.2, 0) is 0 Å². The second kappa shape index (κ2) is 5.42. The van der Waals surface area contributed by atoms with Crippen molar-refractivity contribution in [2.75, 3.05) is 7.11 Å². The summed E-state index contributed by atoms with van der Waals surface area (Å²) >= 11 is 0. The lowest BCUT2D eigenvalue weighted by molar-refractivity contribution is 0.269. The highest BCUT2D eigenvalue weighted by Gasteiger charge is 2.24. The van der Waals surface area contributed by atoms with E-state index < -0.39 is 0 Å². The largest absolute Gasteiger partial charge is 0.497 e. The molecule has 1 atom stereocenters. The minimum absolute atomic E-state index is 0.117. The fraction of sp³-hybridized carbons (Fsp3) is 0.0909. The number of para-hydroxylation sites is 1. The summed E-state index contributed by atoms with van der Waals surface area (Å²) in [5.74, 6) is 3.30. The van der Waals surface area contributed by atoms with Crippen LogP contribution in [0, 0.1) is 0 Å². The quantitative estimate of drug-likeness (QED) is 0.563. The summed E-state index contributed by atoms with van der Waals surface area (Å²) in [5, 5.41) is 2.11. The second-order valence-corrected chi connectivity index (χ2v) is 6.16. The number of hydrogen-bond donors (Lipinski definition) is 0. The molecule has 0 radical (unpaired) electrons. The average molecular weight is 328 g/mol. The zero-order chi connectivity index (χ0) is 16.8. The molecular formula is C22H16O3. The van der Waals surface area contributed by atoms with Crippen LogP contribution in [0.1, 0.15) is 17.2 Å². The van der Waals surface area contributed by atoms with Crippen LogP contribution < -0.4 is 24.6 Å². The summed E-state index contributed by atoms with van der Waals surface area (Å²) in [7, 11) is 1.67. The van der Waals surface area contributed by atoms with E-state index in [9.17, 15) is 0 Å². The van der Waals surface area contributed by atoms with Crippen molar-refractivity contribution in [2.45, 2.75) is 6.10 Å². The van der Waals surface area contributed by atoms with E-state index in [-0.39, 0.29) is 6.10 Å². The van der Waals surface area contributed by atoms with Gasteiger partial charge in [0.25, 0.3) is 0 Å². The van der Waals surface area contributed by atoms with Crippen LogP contribution in [-0.4, -0.2) is 7.11 Å². The molecule has 122 valence electrons. The summed E-state index contributed by atoms with van der Waals surface area (Å²) in [5.41, 5.74) is 2.18. The van der Waals surface area contributed by atoms with Gasteiger partial charge in [-0.1, -0.05) is 42.5 Å². The molecule has 2 aliphatic rings. The maximum atomic E-state index is 6.24. The number of ether oxygens (including phenoxy) is 3. The maximum Gasteiger partial charge on any atom is 0.177 e. The third-order valence-electron chi connectivity index (χ3n) is 4.64. The molecular weight excluding hydrogens is 312 g/mol. The first-order valence-electron chi connectivity index (χ1n) is 8.26. The van der Waals surface area contributed by atoms with Gasteiger partial charge in [0.15, 0.2) is 11.5 Å². The summed E-state index contributed by atoms with van der Waals surface area (Å²) < 4.78 is 17.6. The normalized spacial score (nSPS) is 16.3. The van der Waals surface area contributed by atoms with Crippen molar-refractivity contribution in [3.63, 3.8) is 0 Å². The van der Waals surface area contributed by atoms with Gasteiger partial charge in [-0.05, 0) is 35.9 Å². The van der Waals surface area contributed by atoms with E-state index in [0.29, 0.717) is 0 Å². The molecule has 3 aromatic rings. The van der Waals surface area contributed by atoms with Gasteiger partial charge < -0.3 is 14.2 Å². The first-order chi connectivity index (χ1) is 12.3. The van der Waals surface area contributed by atoms with Crippen molar-refractivity contribution >= 4 is 12.2 Å². The van der Waals surface area contributed by atoms with E-state index in [1.165, 1.54) is 0 Å². The molecule has 0 N–H and O–H groups in total. The van der Waals surface area contributed by atoms with Gasteiger partial charge in [-0.15, -0.1) is 0 Å². The standard InChI is InChI=1S/C22H16O3/c1-23-18-10-8-14(9-11-18)20-13-17-7-6-16-12-15-4-2-3-5-19(15)24-21(16)22(17)25-20/h2-13,20H,1H3. The number of fused-ring (bicyclic) bond motifs is 4. The molecule has 0 aliphatic carbocycles. The lowest BCUT2D eigenvalue weighted by atomic mass is 10.1. The highest BCUT2D eigenvalue weighted by molar-refractivity contribution is 5.66. The Morgan fingerprint density at radius 3 is 2.48 bits per heavy atom. The third-order valence-corrected chi connectivity index (χ3v) is 4.64. The second-order valence-electron chi connectivity index (χ2n) is 6.16. The molecule has 0 aromatic heterocycles. The molecule has 2 heterocycles. The van der Waals surface area contributed by atoms with Crippen molar-refractivity contribution in [3.8, 4) is 23.0 Å². The molecule has 25 heavy (non-hydrogen) atoms. The van der Waals surface area contributed by atoms with Crippen LogP contribution in [0.15, 0.2) is 60.7 Å². The molecule has 0 saturated carbocycles. The molecule has 0 amide bonds. The Kier molecular flexibility index (Phi) is 3.07. The van der Waals surface area contributed by atoms with Gasteiger partial charge in [0, 0.05) is 16.0 Å². The molecule has 2 aliphatic heterocycles. The van der Waals surface area contributed by atoms with Crippen LogP contribution in [0.3, 0.4) is 0 Å². The van der Waals surface area contributed by atoms with E-state index in [1.807, 2.05) is 42.5 Å². The predicted molar refractivity (Wildman–Crippen MR) is 96.6 cm³/mol. The van der Waals surface area contributed by atoms with Gasteiger partial charge in [0.05, 0.1) is 7.11 Å². The van der Waals surface area contributed by atoms with Crippen molar-refractivity contribution in [2.24, 2.45) is 0 Å². The lowest BCUT2D eigenvalue weighted by Crippen LogP contribution is -2.16. The van der Waals surface area contributed by atoms with Gasteiger partial charge in [-0.3, -0.25) is 0 Å². The number of benzene rings is 3. The van der Waals surface area contributed by atoms with E-state index in [2.05, 4.69) is 30.4 Å². The van der Waals surface area contributed by atoms with Gasteiger partial charge in [-0.25, -0.2) is 0 Å². The van der Waals surface area contributed by atoms with Gasteiger partial charge >= 0.3 is 0 Å². The summed E-state index contributed by atoms with van der Waals surface area (Å²) in [4.78, 5) is 0. The number of hydrogen-bond acceptors (Lipinski definition) is 3. The maximum absolute atomic E-state index is 6.24. The van der Waals surface area contributed by atoms with Crippen molar-refractivity contribution in [1.82, 2.24) is 0 Å². The van der Waals surface area contributed by atoms with E-state index in [4.69, 9.17) is 14.2 Å². The van der Waals surface area contributed by atoms with Gasteiger partial charge in [0.1, 0.15) is 17.6 Å². The fourth-order valence-corrected chi connectivity index (χ4v) is 3.32. The first-order valence-corrected chi connectivity index (χ1v) is 8.26. The Bertz CT molecular complexity index is 1080. The first kappa shape index (κ1) is 14.2. The van der Waals surface area contributed by atoms with Crippen LogP contribution in [0.2, 0.25) is 0 Å². The Labute approximate surface area is 145 Å². The average Bonchev–Trinajstić information content (AvgIpc) is 3.11. The van der Waals surface area contributed by atoms with Crippen molar-refractivity contribution < 1.29 is 14.2 Å². The molecule has 0 fully saturated rings. The topological polar surface area (TPSA) is 27.7 Å². The Morgan fingerprint density at radius 2 is 1.64 bits per heavy atom. The lowest BCUT2D eigenvalue weighted by Gasteiger charge is -2.18. The zero-order valence-corrected chi connectivity index (χ0v) is 13.7. The molecule has 3 heteroatoms. The van der Waals surface area contributed by atoms with E-state index in [0.717, 1.165) is 44.6 Å².